The van der Waals surface area contributed by atoms with Gasteiger partial charge in [0.2, 0.25) is 5.91 Å². The van der Waals surface area contributed by atoms with Crippen LogP contribution in [0.25, 0.3) is 22.2 Å². The van der Waals surface area contributed by atoms with E-state index < -0.39 is 0 Å². The molecule has 1 aromatic heterocycles. The molecule has 2 aliphatic heterocycles. The van der Waals surface area contributed by atoms with Gasteiger partial charge in [-0.15, -0.1) is 0 Å². The first kappa shape index (κ1) is 22.1. The second-order valence-corrected chi connectivity index (χ2v) is 9.00. The number of pyridine rings is 1. The van der Waals surface area contributed by atoms with E-state index in [1.54, 1.807) is 0 Å². The fourth-order valence-electron chi connectivity index (χ4n) is 4.75. The zero-order valence-electron chi connectivity index (χ0n) is 19.7. The van der Waals surface area contributed by atoms with Gasteiger partial charge >= 0.3 is 0 Å². The van der Waals surface area contributed by atoms with Crippen molar-refractivity contribution >= 4 is 28.4 Å². The Kier molecular flexibility index (Phi) is 5.73. The van der Waals surface area contributed by atoms with Crippen molar-refractivity contribution in [2.75, 3.05) is 25.1 Å². The normalized spacial score (nSPS) is 14.8. The van der Waals surface area contributed by atoms with E-state index >= 15 is 0 Å². The van der Waals surface area contributed by atoms with Crippen LogP contribution in [0.5, 0.6) is 11.5 Å². The molecule has 0 unspecified atom stereocenters. The molecule has 2 amide bonds. The maximum absolute atomic E-state index is 13.5. The van der Waals surface area contributed by atoms with Gasteiger partial charge in [-0.05, 0) is 54.4 Å². The Morgan fingerprint density at radius 1 is 0.944 bits per heavy atom. The van der Waals surface area contributed by atoms with E-state index in [9.17, 15) is 9.59 Å². The maximum atomic E-state index is 13.5. The summed E-state index contributed by atoms with van der Waals surface area (Å²) < 4.78 is 11.4. The molecule has 6 rings (SSSR count). The monoisotopic (exact) mass is 479 g/mol. The number of para-hydroxylation sites is 1. The third-order valence-electron chi connectivity index (χ3n) is 6.53. The van der Waals surface area contributed by atoms with E-state index in [0.717, 1.165) is 35.0 Å². The van der Waals surface area contributed by atoms with E-state index in [2.05, 4.69) is 5.32 Å². The Hall–Kier alpha value is -4.39. The average Bonchev–Trinajstić information content (AvgIpc) is 3.31. The molecule has 1 fully saturated rings. The molecule has 36 heavy (non-hydrogen) atoms. The predicted octanol–water partition coefficient (Wildman–Crippen LogP) is 5.05. The van der Waals surface area contributed by atoms with Gasteiger partial charge in [-0.2, -0.15) is 0 Å². The quantitative estimate of drug-likeness (QED) is 0.433. The molecule has 4 aromatic rings. The summed E-state index contributed by atoms with van der Waals surface area (Å²) >= 11 is 0. The number of ether oxygens (including phenoxy) is 2. The maximum Gasteiger partial charge on any atom is 0.256 e. The van der Waals surface area contributed by atoms with E-state index in [1.165, 1.54) is 0 Å². The molecule has 1 saturated heterocycles. The zero-order chi connectivity index (χ0) is 24.5. The minimum Gasteiger partial charge on any atom is -0.486 e. The van der Waals surface area contributed by atoms with E-state index in [0.29, 0.717) is 54.6 Å². The number of nitrogens with one attached hydrogen (secondary N) is 1. The zero-order valence-corrected chi connectivity index (χ0v) is 19.7. The van der Waals surface area contributed by atoms with Crippen LogP contribution in [-0.2, 0) is 11.3 Å². The van der Waals surface area contributed by atoms with Gasteiger partial charge < -0.3 is 19.7 Å². The minimum absolute atomic E-state index is 0.180. The van der Waals surface area contributed by atoms with Crippen LogP contribution < -0.4 is 14.8 Å². The largest absolute Gasteiger partial charge is 0.486 e. The lowest BCUT2D eigenvalue weighted by molar-refractivity contribution is -0.128. The van der Waals surface area contributed by atoms with Gasteiger partial charge in [0.25, 0.3) is 5.91 Å². The van der Waals surface area contributed by atoms with Crippen LogP contribution in [0.2, 0.25) is 0 Å². The van der Waals surface area contributed by atoms with E-state index in [4.69, 9.17) is 14.5 Å². The number of anilines is 1. The van der Waals surface area contributed by atoms with Gasteiger partial charge in [0.1, 0.15) is 13.2 Å². The van der Waals surface area contributed by atoms with Crippen LogP contribution in [-0.4, -0.2) is 41.5 Å². The summed E-state index contributed by atoms with van der Waals surface area (Å²) in [6, 6.07) is 22.8. The molecule has 0 aliphatic carbocycles. The molecule has 0 atom stereocenters. The highest BCUT2D eigenvalue weighted by atomic mass is 16.6. The SMILES string of the molecule is O=C(Nc1cccc(CN2CCCC2=O)c1)c1cc(-c2ccc3c(c2)OCCO3)nc2ccccc12. The minimum atomic E-state index is -0.221. The second kappa shape index (κ2) is 9.34. The Bertz CT molecular complexity index is 1480. The standard InChI is InChI=1S/C29H25N3O4/c33-28-9-4-12-32(28)18-19-5-3-6-21(15-19)30-29(34)23-17-25(31-24-8-2-1-7-22(23)24)20-10-11-26-27(16-20)36-14-13-35-26/h1-3,5-8,10-11,15-17H,4,9,12-14,18H2,(H,30,34). The lowest BCUT2D eigenvalue weighted by atomic mass is 10.0. The predicted molar refractivity (Wildman–Crippen MR) is 137 cm³/mol. The summed E-state index contributed by atoms with van der Waals surface area (Å²) in [6.07, 6.45) is 1.51. The van der Waals surface area contributed by atoms with Crippen LogP contribution in [0, 0.1) is 0 Å². The van der Waals surface area contributed by atoms with Crippen molar-refractivity contribution in [3.05, 3.63) is 83.9 Å². The molecule has 7 nitrogen and oxygen atoms in total. The molecule has 180 valence electrons. The number of fused-ring (bicyclic) bond motifs is 2. The fraction of sp³-hybridized carbons (Fsp3) is 0.207. The molecule has 0 spiro atoms. The lowest BCUT2D eigenvalue weighted by Gasteiger charge is -2.19. The van der Waals surface area contributed by atoms with Gasteiger partial charge in [-0.25, -0.2) is 4.98 Å². The molecular weight excluding hydrogens is 454 g/mol. The number of amides is 2. The lowest BCUT2D eigenvalue weighted by Crippen LogP contribution is -2.23. The smallest absolute Gasteiger partial charge is 0.256 e. The van der Waals surface area contributed by atoms with Gasteiger partial charge in [-0.1, -0.05) is 30.3 Å². The van der Waals surface area contributed by atoms with Crippen LogP contribution in [0.15, 0.2) is 72.8 Å². The highest BCUT2D eigenvalue weighted by Gasteiger charge is 2.21. The van der Waals surface area contributed by atoms with Crippen LogP contribution >= 0.6 is 0 Å². The molecule has 3 aromatic carbocycles. The first-order valence-corrected chi connectivity index (χ1v) is 12.1. The third kappa shape index (κ3) is 4.35. The third-order valence-corrected chi connectivity index (χ3v) is 6.53. The molecular formula is C29H25N3O4. The van der Waals surface area contributed by atoms with Crippen molar-refractivity contribution in [2.45, 2.75) is 19.4 Å². The Labute approximate surface area is 208 Å². The van der Waals surface area contributed by atoms with E-state index in [1.807, 2.05) is 77.7 Å². The van der Waals surface area contributed by atoms with Crippen molar-refractivity contribution in [3.63, 3.8) is 0 Å². The summed E-state index contributed by atoms with van der Waals surface area (Å²) in [5, 5.41) is 3.81. The number of aromatic nitrogens is 1. The molecule has 0 radical (unpaired) electrons. The average molecular weight is 480 g/mol. The summed E-state index contributed by atoms with van der Waals surface area (Å²) in [4.78, 5) is 32.2. The Morgan fingerprint density at radius 2 is 1.81 bits per heavy atom. The summed E-state index contributed by atoms with van der Waals surface area (Å²) in [7, 11) is 0. The number of rotatable bonds is 5. The van der Waals surface area contributed by atoms with Gasteiger partial charge in [0.05, 0.1) is 16.8 Å². The number of nitrogens with zero attached hydrogens (tertiary/aromatic N) is 2. The van der Waals surface area contributed by atoms with Crippen LogP contribution in [0.4, 0.5) is 5.69 Å². The Morgan fingerprint density at radius 3 is 2.67 bits per heavy atom. The number of benzene rings is 3. The number of carbonyl (C=O) groups excluding carboxylic acids is 2. The van der Waals surface area contributed by atoms with E-state index in [-0.39, 0.29) is 11.8 Å². The van der Waals surface area contributed by atoms with Crippen molar-refractivity contribution in [2.24, 2.45) is 0 Å². The summed E-state index contributed by atoms with van der Waals surface area (Å²) in [5.41, 5.74) is 4.46. The van der Waals surface area contributed by atoms with Gasteiger partial charge in [0, 0.05) is 36.1 Å². The van der Waals surface area contributed by atoms with Crippen LogP contribution in [0.3, 0.4) is 0 Å². The molecule has 2 aliphatic rings. The topological polar surface area (TPSA) is 80.8 Å². The number of hydrogen-bond donors (Lipinski definition) is 1. The van der Waals surface area contributed by atoms with Crippen molar-refractivity contribution < 1.29 is 19.1 Å². The van der Waals surface area contributed by atoms with Crippen molar-refractivity contribution in [3.8, 4) is 22.8 Å². The fourth-order valence-corrected chi connectivity index (χ4v) is 4.75. The highest BCUT2D eigenvalue weighted by Crippen LogP contribution is 2.35. The molecule has 7 heteroatoms. The first-order valence-electron chi connectivity index (χ1n) is 12.1. The number of carbonyl (C=O) groups is 2. The van der Waals surface area contributed by atoms with Crippen molar-refractivity contribution in [1.82, 2.24) is 9.88 Å². The molecule has 0 saturated carbocycles. The molecule has 3 heterocycles. The van der Waals surface area contributed by atoms with Crippen molar-refractivity contribution in [1.29, 1.82) is 0 Å². The summed E-state index contributed by atoms with van der Waals surface area (Å²) in [5.74, 6) is 1.34. The number of likely N-dealkylation sites (tertiary alicyclic amines) is 1. The first-order chi connectivity index (χ1) is 17.6. The van der Waals surface area contributed by atoms with Crippen LogP contribution in [0.1, 0.15) is 28.8 Å². The number of hydrogen-bond acceptors (Lipinski definition) is 5. The van der Waals surface area contributed by atoms with Gasteiger partial charge in [0.15, 0.2) is 11.5 Å². The van der Waals surface area contributed by atoms with Gasteiger partial charge in [-0.3, -0.25) is 9.59 Å². The molecule has 1 N–H and O–H groups in total. The summed E-state index contributed by atoms with van der Waals surface area (Å²) in [6.45, 7) is 2.36. The molecule has 0 bridgehead atoms. The second-order valence-electron chi connectivity index (χ2n) is 9.00. The highest BCUT2D eigenvalue weighted by molar-refractivity contribution is 6.13. The Balaban J connectivity index is 1.31.